The lowest BCUT2D eigenvalue weighted by Gasteiger charge is -2.10. The Balaban J connectivity index is 2.29. The van der Waals surface area contributed by atoms with E-state index >= 15 is 0 Å². The minimum Gasteiger partial charge on any atom is -0.311 e. The summed E-state index contributed by atoms with van der Waals surface area (Å²) >= 11 is 7.61. The zero-order valence-electron chi connectivity index (χ0n) is 9.79. The van der Waals surface area contributed by atoms with Crippen LogP contribution < -0.4 is 5.32 Å². The largest absolute Gasteiger partial charge is 0.311 e. The molecule has 0 atom stereocenters. The van der Waals surface area contributed by atoms with Gasteiger partial charge in [0.15, 0.2) is 0 Å². The molecule has 0 heterocycles. The van der Waals surface area contributed by atoms with Gasteiger partial charge in [-0.15, -0.1) is 11.8 Å². The summed E-state index contributed by atoms with van der Waals surface area (Å²) in [5.74, 6) is 0.946. The van der Waals surface area contributed by atoms with Crippen LogP contribution in [0.4, 0.5) is 0 Å². The molecule has 1 N–H and O–H groups in total. The highest BCUT2D eigenvalue weighted by molar-refractivity contribution is 7.99. The third-order valence-electron chi connectivity index (χ3n) is 2.02. The van der Waals surface area contributed by atoms with E-state index in [0.29, 0.717) is 6.04 Å². The van der Waals surface area contributed by atoms with E-state index < -0.39 is 0 Å². The first-order valence-corrected chi connectivity index (χ1v) is 6.72. The van der Waals surface area contributed by atoms with Gasteiger partial charge in [-0.05, 0) is 24.3 Å². The summed E-state index contributed by atoms with van der Waals surface area (Å²) in [6.45, 7) is 9.21. The van der Waals surface area contributed by atoms with E-state index in [1.54, 1.807) is 11.8 Å². The number of benzene rings is 1. The lowest BCUT2D eigenvalue weighted by Crippen LogP contribution is -2.25. The van der Waals surface area contributed by atoms with Gasteiger partial charge >= 0.3 is 0 Å². The summed E-state index contributed by atoms with van der Waals surface area (Å²) in [5.41, 5.74) is 1.22. The Morgan fingerprint density at radius 2 is 2.00 bits per heavy atom. The van der Waals surface area contributed by atoms with Crippen LogP contribution in [0.25, 0.3) is 0 Å². The zero-order chi connectivity index (χ0) is 12.0. The Bertz CT molecular complexity index is 332. The molecule has 1 aromatic carbocycles. The predicted octanol–water partition coefficient (Wildman–Crippen LogP) is 3.99. The monoisotopic (exact) mass is 255 g/mol. The van der Waals surface area contributed by atoms with Crippen LogP contribution >= 0.6 is 23.4 Å². The summed E-state index contributed by atoms with van der Waals surface area (Å²) in [6.07, 6.45) is 0. The molecule has 0 spiro atoms. The van der Waals surface area contributed by atoms with Crippen LogP contribution in [0.5, 0.6) is 0 Å². The van der Waals surface area contributed by atoms with E-state index in [2.05, 4.69) is 25.7 Å². The third kappa shape index (κ3) is 5.59. The molecule has 0 bridgehead atoms. The second kappa shape index (κ2) is 7.00. The number of hydrogen-bond donors (Lipinski definition) is 1. The van der Waals surface area contributed by atoms with Gasteiger partial charge < -0.3 is 5.32 Å². The maximum Gasteiger partial charge on any atom is 0.0406 e. The van der Waals surface area contributed by atoms with Crippen molar-refractivity contribution in [3.63, 3.8) is 0 Å². The van der Waals surface area contributed by atoms with E-state index in [0.717, 1.165) is 17.3 Å². The van der Waals surface area contributed by atoms with Crippen LogP contribution in [-0.4, -0.2) is 18.3 Å². The fourth-order valence-electron chi connectivity index (χ4n) is 1.12. The van der Waals surface area contributed by atoms with E-state index in [1.165, 1.54) is 10.5 Å². The molecule has 0 unspecified atom stereocenters. The molecule has 0 aromatic heterocycles. The first-order valence-electron chi connectivity index (χ1n) is 5.36. The highest BCUT2D eigenvalue weighted by atomic mass is 35.5. The number of rotatable bonds is 6. The van der Waals surface area contributed by atoms with Gasteiger partial charge in [-0.25, -0.2) is 0 Å². The lowest BCUT2D eigenvalue weighted by atomic mass is 10.3. The Kier molecular flexibility index (Phi) is 5.96. The number of thioether (sulfide) groups is 1. The minimum absolute atomic E-state index is 0.511. The average Bonchev–Trinajstić information content (AvgIpc) is 2.25. The van der Waals surface area contributed by atoms with Gasteiger partial charge in [0.2, 0.25) is 0 Å². The Morgan fingerprint density at radius 3 is 2.56 bits per heavy atom. The molecule has 0 aliphatic rings. The van der Waals surface area contributed by atoms with Gasteiger partial charge in [0.05, 0.1) is 0 Å². The van der Waals surface area contributed by atoms with Crippen LogP contribution in [0.15, 0.2) is 41.3 Å². The topological polar surface area (TPSA) is 12.0 Å². The van der Waals surface area contributed by atoms with Gasteiger partial charge in [-0.3, -0.25) is 0 Å². The number of hydrogen-bond acceptors (Lipinski definition) is 2. The molecule has 3 heteroatoms. The average molecular weight is 256 g/mol. The zero-order valence-corrected chi connectivity index (χ0v) is 11.4. The molecular weight excluding hydrogens is 238 g/mol. The van der Waals surface area contributed by atoms with Crippen LogP contribution in [-0.2, 0) is 0 Å². The molecule has 0 amide bonds. The van der Waals surface area contributed by atoms with Gasteiger partial charge in [0.25, 0.3) is 0 Å². The van der Waals surface area contributed by atoms with Crippen LogP contribution in [0, 0.1) is 0 Å². The maximum atomic E-state index is 5.82. The van der Waals surface area contributed by atoms with Crippen molar-refractivity contribution < 1.29 is 0 Å². The molecule has 0 aliphatic carbocycles. The molecule has 1 rings (SSSR count). The third-order valence-corrected chi connectivity index (χ3v) is 3.43. The number of halogens is 1. The van der Waals surface area contributed by atoms with E-state index in [4.69, 9.17) is 11.6 Å². The van der Waals surface area contributed by atoms with Crippen molar-refractivity contribution in [2.24, 2.45) is 0 Å². The smallest absolute Gasteiger partial charge is 0.0406 e. The lowest BCUT2D eigenvalue weighted by molar-refractivity contribution is 0.623. The molecule has 0 saturated carbocycles. The normalized spacial score (nSPS) is 10.8. The highest BCUT2D eigenvalue weighted by Gasteiger charge is 1.99. The molecule has 0 fully saturated rings. The fraction of sp³-hybridized carbons (Fsp3) is 0.385. The second-order valence-corrected chi connectivity index (χ2v) is 5.51. The van der Waals surface area contributed by atoms with Crippen molar-refractivity contribution in [2.45, 2.75) is 24.8 Å². The predicted molar refractivity (Wildman–Crippen MR) is 74.5 cm³/mol. The molecule has 1 aromatic rings. The SMILES string of the molecule is C=C(CNC(C)C)CSc1ccc(Cl)cc1. The van der Waals surface area contributed by atoms with Crippen molar-refractivity contribution >= 4 is 23.4 Å². The van der Waals surface area contributed by atoms with Gasteiger partial charge in [-0.2, -0.15) is 0 Å². The van der Waals surface area contributed by atoms with Crippen LogP contribution in [0.1, 0.15) is 13.8 Å². The summed E-state index contributed by atoms with van der Waals surface area (Å²) in [5, 5.41) is 4.14. The maximum absolute atomic E-state index is 5.82. The highest BCUT2D eigenvalue weighted by Crippen LogP contribution is 2.21. The number of nitrogens with one attached hydrogen (secondary N) is 1. The minimum atomic E-state index is 0.511. The second-order valence-electron chi connectivity index (χ2n) is 4.03. The van der Waals surface area contributed by atoms with Crippen molar-refractivity contribution in [1.82, 2.24) is 5.32 Å². The van der Waals surface area contributed by atoms with Crippen molar-refractivity contribution in [1.29, 1.82) is 0 Å². The molecule has 0 radical (unpaired) electrons. The Morgan fingerprint density at radius 1 is 1.38 bits per heavy atom. The van der Waals surface area contributed by atoms with Gasteiger partial charge in [0, 0.05) is 28.3 Å². The van der Waals surface area contributed by atoms with Crippen molar-refractivity contribution in [2.75, 3.05) is 12.3 Å². The Hall–Kier alpha value is -0.440. The summed E-state index contributed by atoms with van der Waals surface area (Å²) in [7, 11) is 0. The fourth-order valence-corrected chi connectivity index (χ4v) is 2.04. The van der Waals surface area contributed by atoms with Crippen molar-refractivity contribution in [3.8, 4) is 0 Å². The van der Waals surface area contributed by atoms with E-state index in [9.17, 15) is 0 Å². The van der Waals surface area contributed by atoms with E-state index in [-0.39, 0.29) is 0 Å². The first kappa shape index (κ1) is 13.6. The van der Waals surface area contributed by atoms with Crippen molar-refractivity contribution in [3.05, 3.63) is 41.4 Å². The summed E-state index contributed by atoms with van der Waals surface area (Å²) in [4.78, 5) is 1.23. The summed E-state index contributed by atoms with van der Waals surface area (Å²) < 4.78 is 0. The van der Waals surface area contributed by atoms with Gasteiger partial charge in [-0.1, -0.05) is 37.6 Å². The quantitative estimate of drug-likeness (QED) is 0.610. The molecular formula is C13H18ClNS. The first-order chi connectivity index (χ1) is 7.58. The molecule has 0 aliphatic heterocycles. The Labute approximate surface area is 107 Å². The molecule has 88 valence electrons. The summed E-state index contributed by atoms with van der Waals surface area (Å²) in [6, 6.07) is 8.42. The molecule has 0 saturated heterocycles. The van der Waals surface area contributed by atoms with Crippen LogP contribution in [0.2, 0.25) is 5.02 Å². The van der Waals surface area contributed by atoms with Crippen LogP contribution in [0.3, 0.4) is 0 Å². The van der Waals surface area contributed by atoms with E-state index in [1.807, 2.05) is 24.3 Å². The molecule has 1 nitrogen and oxygen atoms in total. The molecule has 16 heavy (non-hydrogen) atoms. The standard InChI is InChI=1S/C13H18ClNS/c1-10(2)15-8-11(3)9-16-13-6-4-12(14)5-7-13/h4-7,10,15H,3,8-9H2,1-2H3. The van der Waals surface area contributed by atoms with Gasteiger partial charge in [0.1, 0.15) is 0 Å².